The van der Waals surface area contributed by atoms with Crippen molar-refractivity contribution in [1.82, 2.24) is 19.9 Å². The highest BCUT2D eigenvalue weighted by atomic mass is 15.2. The highest BCUT2D eigenvalue weighted by Gasteiger charge is 2.11. The van der Waals surface area contributed by atoms with Crippen LogP contribution in [0.1, 0.15) is 25.4 Å². The summed E-state index contributed by atoms with van der Waals surface area (Å²) in [6, 6.07) is 0. The zero-order chi connectivity index (χ0) is 11.7. The number of anilines is 1. The average Bonchev–Trinajstić information content (AvgIpc) is 2.71. The van der Waals surface area contributed by atoms with Crippen LogP contribution in [0.3, 0.4) is 0 Å². The molecule has 0 saturated carbocycles. The Morgan fingerprint density at radius 3 is 2.38 bits per heavy atom. The van der Waals surface area contributed by atoms with Crippen LogP contribution in [0, 0.1) is 0 Å². The first-order valence-corrected chi connectivity index (χ1v) is 5.58. The molecule has 2 heterocycles. The molecule has 0 aliphatic carbocycles. The number of aromatic amines is 1. The second-order valence-corrected chi connectivity index (χ2v) is 3.95. The summed E-state index contributed by atoms with van der Waals surface area (Å²) in [6.07, 6.45) is 1.73. The predicted molar refractivity (Wildman–Crippen MR) is 64.8 cm³/mol. The minimum absolute atomic E-state index is 0.771. The van der Waals surface area contributed by atoms with Crippen LogP contribution in [0.2, 0.25) is 0 Å². The molecule has 0 amide bonds. The molecule has 0 spiro atoms. The van der Waals surface area contributed by atoms with Gasteiger partial charge in [-0.2, -0.15) is 4.98 Å². The summed E-state index contributed by atoms with van der Waals surface area (Å²) in [7, 11) is 3.91. The van der Waals surface area contributed by atoms with E-state index >= 15 is 0 Å². The third kappa shape index (κ3) is 1.73. The first-order chi connectivity index (χ1) is 7.65. The molecule has 0 aliphatic heterocycles. The van der Waals surface area contributed by atoms with Gasteiger partial charge in [-0.05, 0) is 6.42 Å². The van der Waals surface area contributed by atoms with E-state index in [9.17, 15) is 0 Å². The van der Waals surface area contributed by atoms with Gasteiger partial charge in [-0.25, -0.2) is 9.97 Å². The van der Waals surface area contributed by atoms with Crippen molar-refractivity contribution >= 4 is 17.1 Å². The lowest BCUT2D eigenvalue weighted by Gasteiger charge is -2.05. The molecule has 0 saturated heterocycles. The van der Waals surface area contributed by atoms with Crippen LogP contribution < -0.4 is 4.90 Å². The lowest BCUT2D eigenvalue weighted by molar-refractivity contribution is 0.907. The van der Waals surface area contributed by atoms with Crippen molar-refractivity contribution in [1.29, 1.82) is 0 Å². The first-order valence-electron chi connectivity index (χ1n) is 5.58. The molecule has 5 heteroatoms. The number of hydrogen-bond donors (Lipinski definition) is 1. The molecule has 0 unspecified atom stereocenters. The van der Waals surface area contributed by atoms with Gasteiger partial charge in [-0.1, -0.05) is 13.8 Å². The highest BCUT2D eigenvalue weighted by molar-refractivity contribution is 5.76. The van der Waals surface area contributed by atoms with E-state index in [0.29, 0.717) is 0 Å². The molecule has 0 atom stereocenters. The van der Waals surface area contributed by atoms with E-state index < -0.39 is 0 Å². The fourth-order valence-corrected chi connectivity index (χ4v) is 1.62. The van der Waals surface area contributed by atoms with E-state index in [1.807, 2.05) is 19.0 Å². The standard InChI is InChI=1S/C11H17N5/c1-5-7-9-10(13-8(6-2)12-7)15-11(14-9)16(3)4/h5-6H2,1-4H3,(H,12,13,14,15). The predicted octanol–water partition coefficient (Wildman–Crippen LogP) is 1.54. The zero-order valence-electron chi connectivity index (χ0n) is 10.2. The molecule has 0 bridgehead atoms. The molecule has 86 valence electrons. The van der Waals surface area contributed by atoms with Gasteiger partial charge in [0, 0.05) is 20.5 Å². The van der Waals surface area contributed by atoms with Crippen LogP contribution in [-0.4, -0.2) is 34.0 Å². The molecule has 0 aromatic carbocycles. The number of hydrogen-bond acceptors (Lipinski definition) is 4. The molecular weight excluding hydrogens is 202 g/mol. The molecule has 0 aliphatic rings. The summed E-state index contributed by atoms with van der Waals surface area (Å²) < 4.78 is 0. The number of aryl methyl sites for hydroxylation is 2. The van der Waals surface area contributed by atoms with Gasteiger partial charge in [-0.15, -0.1) is 0 Å². The maximum absolute atomic E-state index is 4.51. The van der Waals surface area contributed by atoms with Gasteiger partial charge in [0.25, 0.3) is 0 Å². The van der Waals surface area contributed by atoms with Crippen molar-refractivity contribution in [2.45, 2.75) is 26.7 Å². The third-order valence-electron chi connectivity index (χ3n) is 2.53. The SMILES string of the molecule is CCc1nc(CC)c2[nH]c(N(C)C)nc2n1. The third-order valence-corrected chi connectivity index (χ3v) is 2.53. The fourth-order valence-electron chi connectivity index (χ4n) is 1.62. The van der Waals surface area contributed by atoms with Gasteiger partial charge in [0.05, 0.1) is 5.69 Å². The van der Waals surface area contributed by atoms with Gasteiger partial charge in [-0.3, -0.25) is 0 Å². The first kappa shape index (κ1) is 10.9. The van der Waals surface area contributed by atoms with Gasteiger partial charge >= 0.3 is 0 Å². The van der Waals surface area contributed by atoms with Crippen molar-refractivity contribution in [3.8, 4) is 0 Å². The van der Waals surface area contributed by atoms with Gasteiger partial charge in [0.2, 0.25) is 5.95 Å². The van der Waals surface area contributed by atoms with Crippen molar-refractivity contribution in [3.05, 3.63) is 11.5 Å². The Balaban J connectivity index is 2.65. The van der Waals surface area contributed by atoms with E-state index in [1.54, 1.807) is 0 Å². The Labute approximate surface area is 94.9 Å². The Morgan fingerprint density at radius 1 is 1.06 bits per heavy atom. The Morgan fingerprint density at radius 2 is 1.81 bits per heavy atom. The largest absolute Gasteiger partial charge is 0.348 e. The number of H-pyrrole nitrogens is 1. The summed E-state index contributed by atoms with van der Waals surface area (Å²) in [4.78, 5) is 18.6. The summed E-state index contributed by atoms with van der Waals surface area (Å²) in [5.41, 5.74) is 2.78. The number of nitrogens with zero attached hydrogens (tertiary/aromatic N) is 4. The molecule has 0 fully saturated rings. The number of fused-ring (bicyclic) bond motifs is 1. The van der Waals surface area contributed by atoms with E-state index in [0.717, 1.165) is 41.5 Å². The summed E-state index contributed by atoms with van der Waals surface area (Å²) in [5.74, 6) is 1.69. The minimum Gasteiger partial charge on any atom is -0.348 e. The second kappa shape index (κ2) is 4.08. The number of rotatable bonds is 3. The molecule has 5 nitrogen and oxygen atoms in total. The van der Waals surface area contributed by atoms with Crippen LogP contribution in [0.4, 0.5) is 5.95 Å². The van der Waals surface area contributed by atoms with Crippen LogP contribution in [-0.2, 0) is 12.8 Å². The van der Waals surface area contributed by atoms with Gasteiger partial charge < -0.3 is 9.88 Å². The number of aromatic nitrogens is 4. The van der Waals surface area contributed by atoms with E-state index in [2.05, 4.69) is 33.8 Å². The molecule has 2 aromatic rings. The van der Waals surface area contributed by atoms with E-state index in [-0.39, 0.29) is 0 Å². The lowest BCUT2D eigenvalue weighted by atomic mass is 10.3. The maximum atomic E-state index is 4.51. The smallest absolute Gasteiger partial charge is 0.204 e. The van der Waals surface area contributed by atoms with Gasteiger partial charge in [0.1, 0.15) is 11.3 Å². The Bertz CT molecular complexity index is 500. The van der Waals surface area contributed by atoms with Crippen LogP contribution in [0.25, 0.3) is 11.2 Å². The summed E-state index contributed by atoms with van der Waals surface area (Å²) in [6.45, 7) is 4.15. The fraction of sp³-hybridized carbons (Fsp3) is 0.545. The van der Waals surface area contributed by atoms with Crippen molar-refractivity contribution < 1.29 is 0 Å². The van der Waals surface area contributed by atoms with Crippen LogP contribution in [0.15, 0.2) is 0 Å². The quantitative estimate of drug-likeness (QED) is 0.850. The molecule has 1 N–H and O–H groups in total. The number of nitrogens with one attached hydrogen (secondary N) is 1. The molecule has 2 rings (SSSR count). The Kier molecular flexibility index (Phi) is 2.77. The van der Waals surface area contributed by atoms with E-state index in [1.165, 1.54) is 0 Å². The van der Waals surface area contributed by atoms with Crippen LogP contribution in [0.5, 0.6) is 0 Å². The monoisotopic (exact) mass is 219 g/mol. The lowest BCUT2D eigenvalue weighted by Crippen LogP contribution is -2.09. The summed E-state index contributed by atoms with van der Waals surface area (Å²) >= 11 is 0. The molecule has 2 aromatic heterocycles. The molecule has 16 heavy (non-hydrogen) atoms. The topological polar surface area (TPSA) is 57.7 Å². The van der Waals surface area contributed by atoms with Crippen molar-refractivity contribution in [3.63, 3.8) is 0 Å². The molecule has 0 radical (unpaired) electrons. The number of imidazole rings is 1. The van der Waals surface area contributed by atoms with Gasteiger partial charge in [0.15, 0.2) is 5.65 Å². The van der Waals surface area contributed by atoms with Crippen LogP contribution >= 0.6 is 0 Å². The van der Waals surface area contributed by atoms with Crippen molar-refractivity contribution in [2.75, 3.05) is 19.0 Å². The second-order valence-electron chi connectivity index (χ2n) is 3.95. The maximum Gasteiger partial charge on any atom is 0.204 e. The minimum atomic E-state index is 0.771. The summed E-state index contributed by atoms with van der Waals surface area (Å²) in [5, 5.41) is 0. The highest BCUT2D eigenvalue weighted by Crippen LogP contribution is 2.17. The van der Waals surface area contributed by atoms with Crippen molar-refractivity contribution in [2.24, 2.45) is 0 Å². The molecular formula is C11H17N5. The zero-order valence-corrected chi connectivity index (χ0v) is 10.2. The normalized spacial score (nSPS) is 11.0. The van der Waals surface area contributed by atoms with E-state index in [4.69, 9.17) is 0 Å². The average molecular weight is 219 g/mol. The Hall–Kier alpha value is -1.65.